The first kappa shape index (κ1) is 13.4. The maximum atomic E-state index is 6.43. The predicted octanol–water partition coefficient (Wildman–Crippen LogP) is 2.96. The fourth-order valence-corrected chi connectivity index (χ4v) is 2.57. The summed E-state index contributed by atoms with van der Waals surface area (Å²) in [5.74, 6) is 0.882. The zero-order valence-corrected chi connectivity index (χ0v) is 11.5. The van der Waals surface area contributed by atoms with Gasteiger partial charge in [-0.15, -0.1) is 0 Å². The molecule has 0 saturated carbocycles. The highest BCUT2D eigenvalue weighted by Crippen LogP contribution is 2.39. The third-order valence-electron chi connectivity index (χ3n) is 3.71. The maximum absolute atomic E-state index is 6.43. The molecule has 100 valence electrons. The molecule has 1 saturated heterocycles. The van der Waals surface area contributed by atoms with Crippen molar-refractivity contribution in [2.75, 3.05) is 13.2 Å². The molecular formula is C15H23NO2. The Bertz CT molecular complexity index is 411. The van der Waals surface area contributed by atoms with Crippen LogP contribution in [0.15, 0.2) is 18.2 Å². The first-order chi connectivity index (χ1) is 8.57. The summed E-state index contributed by atoms with van der Waals surface area (Å²) in [5.41, 5.74) is 8.42. The maximum Gasteiger partial charge on any atom is 0.124 e. The number of benzene rings is 1. The Labute approximate surface area is 109 Å². The van der Waals surface area contributed by atoms with Crippen molar-refractivity contribution >= 4 is 0 Å². The molecule has 0 amide bonds. The molecule has 1 aliphatic heterocycles. The van der Waals surface area contributed by atoms with Gasteiger partial charge in [0.05, 0.1) is 18.2 Å². The van der Waals surface area contributed by atoms with Gasteiger partial charge in [-0.25, -0.2) is 0 Å². The van der Waals surface area contributed by atoms with Gasteiger partial charge in [0.1, 0.15) is 5.75 Å². The van der Waals surface area contributed by atoms with Crippen molar-refractivity contribution in [3.8, 4) is 5.75 Å². The average Bonchev–Trinajstić information content (AvgIpc) is 2.79. The summed E-state index contributed by atoms with van der Waals surface area (Å²) in [6.07, 6.45) is 2.09. The number of aryl methyl sites for hydroxylation is 1. The van der Waals surface area contributed by atoms with Gasteiger partial charge in [-0.05, 0) is 39.7 Å². The lowest BCUT2D eigenvalue weighted by atomic mass is 9.87. The Hall–Kier alpha value is -1.06. The number of ether oxygens (including phenoxy) is 2. The van der Waals surface area contributed by atoms with E-state index in [2.05, 4.69) is 26.0 Å². The minimum atomic E-state index is -0.264. The van der Waals surface area contributed by atoms with Crippen LogP contribution in [0.2, 0.25) is 0 Å². The molecule has 0 aliphatic carbocycles. The lowest BCUT2D eigenvalue weighted by Gasteiger charge is -2.31. The van der Waals surface area contributed by atoms with E-state index in [-0.39, 0.29) is 11.6 Å². The fourth-order valence-electron chi connectivity index (χ4n) is 2.57. The first-order valence-electron chi connectivity index (χ1n) is 6.69. The molecule has 18 heavy (non-hydrogen) atoms. The molecule has 3 heteroatoms. The van der Waals surface area contributed by atoms with E-state index in [1.165, 1.54) is 5.56 Å². The lowest BCUT2D eigenvalue weighted by Crippen LogP contribution is -2.38. The van der Waals surface area contributed by atoms with Crippen LogP contribution in [0.3, 0.4) is 0 Å². The summed E-state index contributed by atoms with van der Waals surface area (Å²) >= 11 is 0. The molecule has 1 aromatic carbocycles. The number of nitrogens with two attached hydrogens (primary N) is 1. The molecule has 2 unspecified atom stereocenters. The van der Waals surface area contributed by atoms with Crippen LogP contribution in [-0.2, 0) is 4.74 Å². The molecule has 0 spiro atoms. The quantitative estimate of drug-likeness (QED) is 0.892. The summed E-state index contributed by atoms with van der Waals surface area (Å²) in [6.45, 7) is 7.62. The van der Waals surface area contributed by atoms with E-state index >= 15 is 0 Å². The monoisotopic (exact) mass is 249 g/mol. The van der Waals surface area contributed by atoms with Crippen LogP contribution in [0.1, 0.15) is 43.9 Å². The molecular weight excluding hydrogens is 226 g/mol. The van der Waals surface area contributed by atoms with Crippen LogP contribution in [0.5, 0.6) is 5.75 Å². The van der Waals surface area contributed by atoms with Gasteiger partial charge >= 0.3 is 0 Å². The van der Waals surface area contributed by atoms with Crippen LogP contribution >= 0.6 is 0 Å². The highest BCUT2D eigenvalue weighted by molar-refractivity contribution is 5.40. The molecule has 1 heterocycles. The van der Waals surface area contributed by atoms with Gasteiger partial charge < -0.3 is 15.2 Å². The molecule has 1 fully saturated rings. The van der Waals surface area contributed by atoms with Crippen LogP contribution in [0.4, 0.5) is 0 Å². The molecule has 2 atom stereocenters. The summed E-state index contributed by atoms with van der Waals surface area (Å²) in [4.78, 5) is 0. The van der Waals surface area contributed by atoms with E-state index < -0.39 is 0 Å². The van der Waals surface area contributed by atoms with Crippen molar-refractivity contribution in [2.24, 2.45) is 5.73 Å². The Morgan fingerprint density at radius 2 is 2.28 bits per heavy atom. The van der Waals surface area contributed by atoms with Crippen LogP contribution < -0.4 is 10.5 Å². The third kappa shape index (κ3) is 2.52. The molecule has 2 rings (SSSR count). The number of hydrogen-bond donors (Lipinski definition) is 1. The minimum Gasteiger partial charge on any atom is -0.494 e. The predicted molar refractivity (Wildman–Crippen MR) is 72.9 cm³/mol. The number of rotatable bonds is 4. The molecule has 0 aromatic heterocycles. The third-order valence-corrected chi connectivity index (χ3v) is 3.71. The van der Waals surface area contributed by atoms with Crippen molar-refractivity contribution in [2.45, 2.75) is 45.3 Å². The topological polar surface area (TPSA) is 44.5 Å². The van der Waals surface area contributed by atoms with Crippen LogP contribution in [0, 0.1) is 6.92 Å². The van der Waals surface area contributed by atoms with E-state index in [9.17, 15) is 0 Å². The summed E-state index contributed by atoms with van der Waals surface area (Å²) in [7, 11) is 0. The molecule has 1 aromatic rings. The smallest absolute Gasteiger partial charge is 0.124 e. The fraction of sp³-hybridized carbons (Fsp3) is 0.600. The summed E-state index contributed by atoms with van der Waals surface area (Å²) < 4.78 is 11.5. The van der Waals surface area contributed by atoms with Gasteiger partial charge in [-0.2, -0.15) is 0 Å². The van der Waals surface area contributed by atoms with Gasteiger partial charge in [-0.1, -0.05) is 17.7 Å². The zero-order valence-electron chi connectivity index (χ0n) is 11.5. The molecule has 0 radical (unpaired) electrons. The van der Waals surface area contributed by atoms with Gasteiger partial charge in [0.2, 0.25) is 0 Å². The van der Waals surface area contributed by atoms with Gasteiger partial charge in [0.15, 0.2) is 0 Å². The Balaban J connectivity index is 2.33. The van der Waals surface area contributed by atoms with Gasteiger partial charge in [-0.3, -0.25) is 0 Å². The lowest BCUT2D eigenvalue weighted by molar-refractivity contribution is -0.00237. The molecule has 3 nitrogen and oxygen atoms in total. The molecule has 0 bridgehead atoms. The van der Waals surface area contributed by atoms with Crippen molar-refractivity contribution in [1.29, 1.82) is 0 Å². The van der Waals surface area contributed by atoms with E-state index in [0.717, 1.165) is 30.8 Å². The average molecular weight is 249 g/mol. The SMILES string of the molecule is CCOc1ccc(C)cc1C(N)C1(C)CCCO1. The Morgan fingerprint density at radius 3 is 2.89 bits per heavy atom. The van der Waals surface area contributed by atoms with E-state index in [4.69, 9.17) is 15.2 Å². The molecule has 2 N–H and O–H groups in total. The summed E-state index contributed by atoms with van der Waals surface area (Å²) in [5, 5.41) is 0. The van der Waals surface area contributed by atoms with E-state index in [1.807, 2.05) is 13.0 Å². The van der Waals surface area contributed by atoms with Crippen LogP contribution in [-0.4, -0.2) is 18.8 Å². The highest BCUT2D eigenvalue weighted by atomic mass is 16.5. The van der Waals surface area contributed by atoms with Gasteiger partial charge in [0.25, 0.3) is 0 Å². The van der Waals surface area contributed by atoms with Gasteiger partial charge in [0, 0.05) is 12.2 Å². The Kier molecular flexibility index (Phi) is 3.93. The summed E-state index contributed by atoms with van der Waals surface area (Å²) in [6, 6.07) is 6.04. The van der Waals surface area contributed by atoms with Crippen molar-refractivity contribution in [3.05, 3.63) is 29.3 Å². The largest absolute Gasteiger partial charge is 0.494 e. The Morgan fingerprint density at radius 1 is 1.50 bits per heavy atom. The van der Waals surface area contributed by atoms with E-state index in [0.29, 0.717) is 6.61 Å². The first-order valence-corrected chi connectivity index (χ1v) is 6.69. The normalized spacial score (nSPS) is 25.1. The highest BCUT2D eigenvalue weighted by Gasteiger charge is 2.38. The standard InChI is InChI=1S/C15H23NO2/c1-4-17-13-7-6-11(2)10-12(13)14(16)15(3)8-5-9-18-15/h6-7,10,14H,4-5,8-9,16H2,1-3H3. The minimum absolute atomic E-state index is 0.138. The second kappa shape index (κ2) is 5.29. The second-order valence-electron chi connectivity index (χ2n) is 5.22. The zero-order chi connectivity index (χ0) is 13.2. The van der Waals surface area contributed by atoms with E-state index in [1.54, 1.807) is 0 Å². The van der Waals surface area contributed by atoms with Crippen molar-refractivity contribution < 1.29 is 9.47 Å². The second-order valence-corrected chi connectivity index (χ2v) is 5.22. The number of hydrogen-bond acceptors (Lipinski definition) is 3. The molecule has 1 aliphatic rings. The van der Waals surface area contributed by atoms with Crippen molar-refractivity contribution in [3.63, 3.8) is 0 Å². The van der Waals surface area contributed by atoms with Crippen LogP contribution in [0.25, 0.3) is 0 Å². The van der Waals surface area contributed by atoms with Crippen molar-refractivity contribution in [1.82, 2.24) is 0 Å².